The van der Waals surface area contributed by atoms with Crippen LogP contribution in [0.1, 0.15) is 51.8 Å². The van der Waals surface area contributed by atoms with E-state index in [1.165, 1.54) is 12.1 Å². The van der Waals surface area contributed by atoms with Crippen LogP contribution >= 0.6 is 0 Å². The third-order valence-corrected chi connectivity index (χ3v) is 5.97. The van der Waals surface area contributed by atoms with Gasteiger partial charge in [-0.05, 0) is 48.2 Å². The molecule has 2 aromatic heterocycles. The Morgan fingerprint density at radius 1 is 1.09 bits per heavy atom. The fraction of sp³-hybridized carbons (Fsp3) is 0.231. The van der Waals surface area contributed by atoms with Crippen LogP contribution in [0.5, 0.6) is 0 Å². The Bertz CT molecular complexity index is 1260. The number of nitrogens with zero attached hydrogens (tertiary/aromatic N) is 5. The highest BCUT2D eigenvalue weighted by Crippen LogP contribution is 2.32. The second kappa shape index (κ2) is 9.32. The fourth-order valence-electron chi connectivity index (χ4n) is 4.43. The van der Waals surface area contributed by atoms with Crippen molar-refractivity contribution in [3.63, 3.8) is 0 Å². The number of hydrogen-bond donors (Lipinski definition) is 0. The molecule has 4 aromatic rings. The van der Waals surface area contributed by atoms with Crippen molar-refractivity contribution in [2.45, 2.75) is 31.8 Å². The van der Waals surface area contributed by atoms with Gasteiger partial charge >= 0.3 is 0 Å². The Morgan fingerprint density at radius 2 is 2.00 bits per heavy atom. The fourth-order valence-corrected chi connectivity index (χ4v) is 4.43. The van der Waals surface area contributed by atoms with E-state index in [1.54, 1.807) is 24.7 Å². The molecule has 0 unspecified atom stereocenters. The lowest BCUT2D eigenvalue weighted by Crippen LogP contribution is -2.32. The summed E-state index contributed by atoms with van der Waals surface area (Å²) in [6, 6.07) is 15.9. The van der Waals surface area contributed by atoms with Gasteiger partial charge in [-0.25, -0.2) is 4.39 Å². The molecule has 0 saturated carbocycles. The second-order valence-electron chi connectivity index (χ2n) is 8.26. The number of likely N-dealkylation sites (tertiary alicyclic amines) is 1. The highest BCUT2D eigenvalue weighted by Gasteiger charge is 2.32. The van der Waals surface area contributed by atoms with Crippen LogP contribution in [0.4, 0.5) is 4.39 Å². The van der Waals surface area contributed by atoms with Gasteiger partial charge in [0, 0.05) is 37.1 Å². The van der Waals surface area contributed by atoms with E-state index < -0.39 is 0 Å². The molecular formula is C26H24FN5O. The van der Waals surface area contributed by atoms with Crippen LogP contribution in [0.2, 0.25) is 0 Å². The van der Waals surface area contributed by atoms with Crippen LogP contribution in [0.25, 0.3) is 0 Å². The first-order chi connectivity index (χ1) is 16.2. The van der Waals surface area contributed by atoms with E-state index >= 15 is 0 Å². The lowest BCUT2D eigenvalue weighted by molar-refractivity contribution is 0.0731. The maximum Gasteiger partial charge on any atom is 0.254 e. The van der Waals surface area contributed by atoms with Crippen LogP contribution in [-0.2, 0) is 13.0 Å². The summed E-state index contributed by atoms with van der Waals surface area (Å²) < 4.78 is 15.4. The molecule has 2 aromatic carbocycles. The molecule has 7 heteroatoms. The lowest BCUT2D eigenvalue weighted by Gasteiger charge is -2.25. The predicted octanol–water partition coefficient (Wildman–Crippen LogP) is 4.43. The maximum atomic E-state index is 13.6. The van der Waals surface area contributed by atoms with Crippen molar-refractivity contribution in [1.29, 1.82) is 0 Å². The van der Waals surface area contributed by atoms with Gasteiger partial charge in [0.05, 0.1) is 30.2 Å². The predicted molar refractivity (Wildman–Crippen MR) is 122 cm³/mol. The van der Waals surface area contributed by atoms with E-state index in [4.69, 9.17) is 4.98 Å². The number of rotatable bonds is 6. The summed E-state index contributed by atoms with van der Waals surface area (Å²) in [4.78, 5) is 24.7. The van der Waals surface area contributed by atoms with Crippen molar-refractivity contribution in [1.82, 2.24) is 24.6 Å². The summed E-state index contributed by atoms with van der Waals surface area (Å²) in [5, 5.41) is 4.27. The van der Waals surface area contributed by atoms with E-state index in [0.29, 0.717) is 25.1 Å². The van der Waals surface area contributed by atoms with Crippen molar-refractivity contribution in [2.75, 3.05) is 6.54 Å². The van der Waals surface area contributed by atoms with Crippen LogP contribution < -0.4 is 0 Å². The molecule has 0 N–H and O–H groups in total. The van der Waals surface area contributed by atoms with Gasteiger partial charge in [-0.1, -0.05) is 30.3 Å². The summed E-state index contributed by atoms with van der Waals surface area (Å²) in [6.45, 7) is 1.21. The number of amides is 1. The number of halogens is 1. The molecule has 0 bridgehead atoms. The first kappa shape index (κ1) is 21.0. The Balaban J connectivity index is 1.38. The van der Waals surface area contributed by atoms with Crippen LogP contribution in [-0.4, -0.2) is 37.1 Å². The minimum Gasteiger partial charge on any atom is -0.330 e. The quantitative estimate of drug-likeness (QED) is 0.444. The zero-order chi connectivity index (χ0) is 22.6. The van der Waals surface area contributed by atoms with Crippen LogP contribution in [0.3, 0.4) is 0 Å². The van der Waals surface area contributed by atoms with Gasteiger partial charge < -0.3 is 4.90 Å². The lowest BCUT2D eigenvalue weighted by atomic mass is 10.0. The zero-order valence-electron chi connectivity index (χ0n) is 18.1. The average Bonchev–Trinajstić information content (AvgIpc) is 3.52. The summed E-state index contributed by atoms with van der Waals surface area (Å²) in [6.07, 6.45) is 9.30. The van der Waals surface area contributed by atoms with E-state index in [9.17, 15) is 9.18 Å². The molecule has 0 spiro atoms. The molecule has 0 radical (unpaired) electrons. The molecule has 33 heavy (non-hydrogen) atoms. The summed E-state index contributed by atoms with van der Waals surface area (Å²) in [7, 11) is 0. The van der Waals surface area contributed by atoms with Gasteiger partial charge in [0.15, 0.2) is 0 Å². The van der Waals surface area contributed by atoms with E-state index in [-0.39, 0.29) is 17.8 Å². The molecule has 6 nitrogen and oxygen atoms in total. The topological polar surface area (TPSA) is 63.9 Å². The number of carbonyl (C=O) groups is 1. The van der Waals surface area contributed by atoms with Gasteiger partial charge in [-0.3, -0.25) is 19.4 Å². The van der Waals surface area contributed by atoms with Crippen LogP contribution in [0, 0.1) is 5.82 Å². The highest BCUT2D eigenvalue weighted by molar-refractivity contribution is 5.96. The van der Waals surface area contributed by atoms with Crippen molar-refractivity contribution in [3.05, 3.63) is 113 Å². The van der Waals surface area contributed by atoms with Gasteiger partial charge in [0.1, 0.15) is 5.82 Å². The maximum absolute atomic E-state index is 13.6. The molecule has 0 aliphatic carbocycles. The summed E-state index contributed by atoms with van der Waals surface area (Å²) in [5.41, 5.74) is 4.00. The third kappa shape index (κ3) is 4.67. The molecule has 1 saturated heterocycles. The molecular weight excluding hydrogens is 417 g/mol. The number of aromatic nitrogens is 4. The molecule has 1 aliphatic rings. The number of benzene rings is 2. The SMILES string of the molecule is O=C(c1ccccc1Cn1cccn1)N1CCC[C@H]1c1cncc(Cc2cccc(F)c2)n1. The van der Waals surface area contributed by atoms with Crippen molar-refractivity contribution in [3.8, 4) is 0 Å². The Kier molecular flexibility index (Phi) is 5.93. The largest absolute Gasteiger partial charge is 0.330 e. The van der Waals surface area contributed by atoms with E-state index in [0.717, 1.165) is 35.4 Å². The summed E-state index contributed by atoms with van der Waals surface area (Å²) >= 11 is 0. The molecule has 1 atom stereocenters. The zero-order valence-corrected chi connectivity index (χ0v) is 18.1. The van der Waals surface area contributed by atoms with Gasteiger partial charge in [-0.2, -0.15) is 5.10 Å². The summed E-state index contributed by atoms with van der Waals surface area (Å²) in [5.74, 6) is -0.268. The molecule has 3 heterocycles. The van der Waals surface area contributed by atoms with Gasteiger partial charge in [0.2, 0.25) is 0 Å². The van der Waals surface area contributed by atoms with E-state index in [1.807, 2.05) is 52.2 Å². The van der Waals surface area contributed by atoms with Gasteiger partial charge in [0.25, 0.3) is 5.91 Å². The molecule has 5 rings (SSSR count). The Labute approximate surface area is 191 Å². The molecule has 1 amide bonds. The van der Waals surface area contributed by atoms with Crippen molar-refractivity contribution in [2.24, 2.45) is 0 Å². The van der Waals surface area contributed by atoms with Crippen molar-refractivity contribution >= 4 is 5.91 Å². The monoisotopic (exact) mass is 441 g/mol. The number of carbonyl (C=O) groups excluding carboxylic acids is 1. The second-order valence-corrected chi connectivity index (χ2v) is 8.26. The first-order valence-electron chi connectivity index (χ1n) is 11.1. The van der Waals surface area contributed by atoms with Crippen LogP contribution in [0.15, 0.2) is 79.4 Å². The highest BCUT2D eigenvalue weighted by atomic mass is 19.1. The standard InChI is InChI=1S/C26H24FN5O/c27-21-8-3-6-19(14-21)15-22-16-28-17-24(30-22)25-10-4-13-32(25)26(33)23-9-2-1-7-20(23)18-31-12-5-11-29-31/h1-3,5-9,11-12,14,16-17,25H,4,10,13,15,18H2/t25-/m0/s1. The third-order valence-electron chi connectivity index (χ3n) is 5.97. The minimum absolute atomic E-state index is 0.00223. The minimum atomic E-state index is -0.266. The van der Waals surface area contributed by atoms with E-state index in [2.05, 4.69) is 10.1 Å². The molecule has 1 fully saturated rings. The Hall–Kier alpha value is -3.87. The smallest absolute Gasteiger partial charge is 0.254 e. The van der Waals surface area contributed by atoms with Crippen molar-refractivity contribution < 1.29 is 9.18 Å². The molecule has 166 valence electrons. The normalized spacial score (nSPS) is 15.7. The average molecular weight is 442 g/mol. The molecule has 1 aliphatic heterocycles. The number of hydrogen-bond acceptors (Lipinski definition) is 4. The Morgan fingerprint density at radius 3 is 2.85 bits per heavy atom. The first-order valence-corrected chi connectivity index (χ1v) is 11.1. The van der Waals surface area contributed by atoms with Gasteiger partial charge in [-0.15, -0.1) is 0 Å².